The van der Waals surface area contributed by atoms with E-state index in [1.54, 1.807) is 6.92 Å². The molecule has 2 aromatic heterocycles. The summed E-state index contributed by atoms with van der Waals surface area (Å²) < 4.78 is 45.4. The van der Waals surface area contributed by atoms with Gasteiger partial charge in [-0.05, 0) is 24.7 Å². The van der Waals surface area contributed by atoms with Crippen molar-refractivity contribution in [3.8, 4) is 0 Å². The molecule has 3 rings (SSSR count). The summed E-state index contributed by atoms with van der Waals surface area (Å²) in [5.41, 5.74) is -0.598. The van der Waals surface area contributed by atoms with Crippen LogP contribution in [0.15, 0.2) is 9.59 Å². The third-order valence-electron chi connectivity index (χ3n) is 4.81. The number of aryl methyl sites for hydroxylation is 2. The summed E-state index contributed by atoms with van der Waals surface area (Å²) in [5.74, 6) is 0. The van der Waals surface area contributed by atoms with Crippen LogP contribution in [0.4, 0.5) is 13.2 Å². The van der Waals surface area contributed by atoms with E-state index < -0.39 is 30.4 Å². The van der Waals surface area contributed by atoms with Gasteiger partial charge in [-0.25, -0.2) is 4.79 Å². The van der Waals surface area contributed by atoms with Crippen molar-refractivity contribution in [1.82, 2.24) is 19.4 Å². The standard InChI is InChI=1S/C17H21F3N4O3S2/c1-10-11(9-22-6-4-21-15(22)28)29-14-12(10)13(25)23(7-8-27-2)16(26)24(14)5-3-17(18,19)20/h3-9H2,1-2H3,(H,21,28). The molecule has 1 saturated heterocycles. The Morgan fingerprint density at radius 3 is 2.55 bits per heavy atom. The molecule has 7 nitrogen and oxygen atoms in total. The molecule has 0 unspecified atom stereocenters. The molecule has 0 atom stereocenters. The SMILES string of the molecule is COCCn1c(=O)c2c(C)c(CN3CCNC3=S)sc2n(CCC(F)(F)F)c1=O. The number of thiophene rings is 1. The van der Waals surface area contributed by atoms with Crippen LogP contribution in [0.5, 0.6) is 0 Å². The second-order valence-corrected chi connectivity index (χ2v) is 8.20. The van der Waals surface area contributed by atoms with Crippen LogP contribution in [-0.4, -0.2) is 52.1 Å². The van der Waals surface area contributed by atoms with Crippen molar-refractivity contribution >= 4 is 38.9 Å². The van der Waals surface area contributed by atoms with Crippen LogP contribution in [-0.2, 0) is 24.4 Å². The predicted octanol–water partition coefficient (Wildman–Crippen LogP) is 1.82. The second kappa shape index (κ2) is 8.44. The normalized spacial score (nSPS) is 14.8. The van der Waals surface area contributed by atoms with E-state index in [-0.39, 0.29) is 23.4 Å². The first kappa shape index (κ1) is 21.8. The zero-order valence-corrected chi connectivity index (χ0v) is 17.6. The van der Waals surface area contributed by atoms with Gasteiger partial charge in [0, 0.05) is 31.6 Å². The van der Waals surface area contributed by atoms with E-state index in [4.69, 9.17) is 17.0 Å². The highest BCUT2D eigenvalue weighted by atomic mass is 32.1. The van der Waals surface area contributed by atoms with Crippen LogP contribution < -0.4 is 16.6 Å². The summed E-state index contributed by atoms with van der Waals surface area (Å²) in [4.78, 5) is 28.8. The molecule has 29 heavy (non-hydrogen) atoms. The van der Waals surface area contributed by atoms with Gasteiger partial charge in [0.15, 0.2) is 5.11 Å². The number of ether oxygens (including phenoxy) is 1. The minimum absolute atomic E-state index is 0.0269. The number of halogens is 3. The van der Waals surface area contributed by atoms with E-state index in [0.29, 0.717) is 30.3 Å². The fourth-order valence-corrected chi connectivity index (χ4v) is 4.83. The van der Waals surface area contributed by atoms with Gasteiger partial charge < -0.3 is 15.0 Å². The van der Waals surface area contributed by atoms with E-state index in [1.807, 2.05) is 4.90 Å². The Bertz CT molecular complexity index is 1040. The maximum atomic E-state index is 13.0. The van der Waals surface area contributed by atoms with E-state index >= 15 is 0 Å². The van der Waals surface area contributed by atoms with Crippen molar-refractivity contribution in [2.75, 3.05) is 26.8 Å². The maximum absolute atomic E-state index is 13.0. The Balaban J connectivity index is 2.14. The average molecular weight is 451 g/mol. The van der Waals surface area contributed by atoms with Crippen molar-refractivity contribution in [3.63, 3.8) is 0 Å². The Morgan fingerprint density at radius 1 is 1.24 bits per heavy atom. The van der Waals surface area contributed by atoms with Crippen molar-refractivity contribution in [2.24, 2.45) is 0 Å². The molecule has 12 heteroatoms. The lowest BCUT2D eigenvalue weighted by molar-refractivity contribution is -0.136. The average Bonchev–Trinajstić information content (AvgIpc) is 3.18. The number of alkyl halides is 3. The molecule has 2 aromatic rings. The van der Waals surface area contributed by atoms with Crippen LogP contribution in [0.25, 0.3) is 10.2 Å². The van der Waals surface area contributed by atoms with Crippen LogP contribution >= 0.6 is 23.6 Å². The molecule has 0 bridgehead atoms. The van der Waals surface area contributed by atoms with Crippen LogP contribution in [0.2, 0.25) is 0 Å². The molecule has 0 aliphatic carbocycles. The van der Waals surface area contributed by atoms with Crippen molar-refractivity contribution in [3.05, 3.63) is 31.3 Å². The van der Waals surface area contributed by atoms with Crippen molar-refractivity contribution in [2.45, 2.75) is 39.2 Å². The number of rotatable bonds is 7. The molecule has 1 aliphatic rings. The van der Waals surface area contributed by atoms with Crippen LogP contribution in [0.1, 0.15) is 16.9 Å². The first-order chi connectivity index (χ1) is 13.6. The van der Waals surface area contributed by atoms with Crippen molar-refractivity contribution in [1.29, 1.82) is 0 Å². The Kier molecular flexibility index (Phi) is 6.34. The lowest BCUT2D eigenvalue weighted by Gasteiger charge is -2.15. The highest BCUT2D eigenvalue weighted by molar-refractivity contribution is 7.80. The van der Waals surface area contributed by atoms with E-state index in [0.717, 1.165) is 14.0 Å². The molecule has 160 valence electrons. The van der Waals surface area contributed by atoms with Gasteiger partial charge in [0.05, 0.1) is 31.5 Å². The number of methoxy groups -OCH3 is 1. The third kappa shape index (κ3) is 4.48. The van der Waals surface area contributed by atoms with Crippen LogP contribution in [0.3, 0.4) is 0 Å². The topological polar surface area (TPSA) is 68.5 Å². The second-order valence-electron chi connectivity index (χ2n) is 6.73. The predicted molar refractivity (Wildman–Crippen MR) is 109 cm³/mol. The highest BCUT2D eigenvalue weighted by Crippen LogP contribution is 2.30. The van der Waals surface area contributed by atoms with Crippen LogP contribution in [0, 0.1) is 6.92 Å². The third-order valence-corrected chi connectivity index (χ3v) is 6.51. The highest BCUT2D eigenvalue weighted by Gasteiger charge is 2.29. The summed E-state index contributed by atoms with van der Waals surface area (Å²) in [5, 5.41) is 3.92. The number of fused-ring (bicyclic) bond motifs is 1. The maximum Gasteiger partial charge on any atom is 0.390 e. The zero-order chi connectivity index (χ0) is 21.3. The summed E-state index contributed by atoms with van der Waals surface area (Å²) in [7, 11) is 1.42. The van der Waals surface area contributed by atoms with Gasteiger partial charge in [-0.3, -0.25) is 13.9 Å². The number of hydrogen-bond acceptors (Lipinski definition) is 5. The number of aromatic nitrogens is 2. The number of hydrogen-bond donors (Lipinski definition) is 1. The fourth-order valence-electron chi connectivity index (χ4n) is 3.24. The molecule has 0 aromatic carbocycles. The summed E-state index contributed by atoms with van der Waals surface area (Å²) >= 11 is 6.42. The summed E-state index contributed by atoms with van der Waals surface area (Å²) in [6.07, 6.45) is -5.57. The van der Waals surface area contributed by atoms with Gasteiger partial charge in [-0.1, -0.05) is 0 Å². The van der Waals surface area contributed by atoms with Gasteiger partial charge in [-0.15, -0.1) is 11.3 Å². The lowest BCUT2D eigenvalue weighted by Crippen LogP contribution is -2.41. The number of nitrogens with one attached hydrogen (secondary N) is 1. The number of thiocarbonyl (C=S) groups is 1. The zero-order valence-electron chi connectivity index (χ0n) is 16.0. The molecule has 1 aliphatic heterocycles. The Morgan fingerprint density at radius 2 is 1.97 bits per heavy atom. The quantitative estimate of drug-likeness (QED) is 0.650. The largest absolute Gasteiger partial charge is 0.390 e. The number of nitrogens with zero attached hydrogens (tertiary/aromatic N) is 3. The minimum Gasteiger partial charge on any atom is -0.383 e. The van der Waals surface area contributed by atoms with Gasteiger partial charge in [-0.2, -0.15) is 13.2 Å². The van der Waals surface area contributed by atoms with Gasteiger partial charge in [0.25, 0.3) is 5.56 Å². The molecule has 3 heterocycles. The Labute approximate surface area is 173 Å². The lowest BCUT2D eigenvalue weighted by atomic mass is 10.2. The first-order valence-corrected chi connectivity index (χ1v) is 10.2. The molecule has 0 saturated carbocycles. The summed E-state index contributed by atoms with van der Waals surface area (Å²) in [6.45, 7) is 3.12. The monoisotopic (exact) mass is 450 g/mol. The molecule has 1 fully saturated rings. The molecule has 0 radical (unpaired) electrons. The molecular formula is C17H21F3N4O3S2. The van der Waals surface area contributed by atoms with Gasteiger partial charge in [0.1, 0.15) is 4.83 Å². The van der Waals surface area contributed by atoms with Crippen molar-refractivity contribution < 1.29 is 17.9 Å². The van der Waals surface area contributed by atoms with E-state index in [9.17, 15) is 22.8 Å². The molecule has 0 spiro atoms. The smallest absolute Gasteiger partial charge is 0.383 e. The van der Waals surface area contributed by atoms with Gasteiger partial charge in [0.2, 0.25) is 0 Å². The molecular weight excluding hydrogens is 429 g/mol. The summed E-state index contributed by atoms with van der Waals surface area (Å²) in [6, 6.07) is 0. The van der Waals surface area contributed by atoms with E-state index in [2.05, 4.69) is 5.32 Å². The molecule has 1 N–H and O–H groups in total. The van der Waals surface area contributed by atoms with E-state index in [1.165, 1.54) is 18.4 Å². The van der Waals surface area contributed by atoms with Gasteiger partial charge >= 0.3 is 11.9 Å². The molecule has 0 amide bonds. The Hall–Kier alpha value is -1.92. The minimum atomic E-state index is -4.41. The first-order valence-electron chi connectivity index (χ1n) is 8.98. The fraction of sp³-hybridized carbons (Fsp3) is 0.588.